The monoisotopic (exact) mass is 287 g/mol. The number of carbonyl (C=O) groups is 1. The molecule has 6 nitrogen and oxygen atoms in total. The number of rotatable bonds is 8. The van der Waals surface area contributed by atoms with Crippen molar-refractivity contribution < 1.29 is 22.7 Å². The molecule has 1 aromatic rings. The van der Waals surface area contributed by atoms with Crippen molar-refractivity contribution in [3.05, 3.63) is 24.2 Å². The minimum Gasteiger partial charge on any atom is -0.481 e. The SMILES string of the molecule is O=C(O)CCCS(=O)(=O)N(Cc1ccco1)C1CC1. The van der Waals surface area contributed by atoms with Gasteiger partial charge in [-0.2, -0.15) is 4.31 Å². The van der Waals surface area contributed by atoms with Crippen molar-refractivity contribution in [3.8, 4) is 0 Å². The lowest BCUT2D eigenvalue weighted by atomic mass is 10.3. The van der Waals surface area contributed by atoms with Crippen LogP contribution in [0.5, 0.6) is 0 Å². The minimum atomic E-state index is -3.42. The molecular formula is C12H17NO5S. The Labute approximate surface area is 112 Å². The van der Waals surface area contributed by atoms with Crippen LogP contribution in [0.3, 0.4) is 0 Å². The minimum absolute atomic E-state index is 0.0416. The highest BCUT2D eigenvalue weighted by Gasteiger charge is 2.37. The van der Waals surface area contributed by atoms with Crippen molar-refractivity contribution >= 4 is 16.0 Å². The molecule has 0 amide bonds. The maximum absolute atomic E-state index is 12.2. The van der Waals surface area contributed by atoms with Crippen LogP contribution in [0, 0.1) is 0 Å². The van der Waals surface area contributed by atoms with Gasteiger partial charge in [-0.15, -0.1) is 0 Å². The number of carboxylic acid groups (broad SMARTS) is 1. The first-order valence-corrected chi connectivity index (χ1v) is 7.83. The number of hydrogen-bond donors (Lipinski definition) is 1. The molecule has 0 aliphatic heterocycles. The zero-order chi connectivity index (χ0) is 13.9. The van der Waals surface area contributed by atoms with E-state index >= 15 is 0 Å². The summed E-state index contributed by atoms with van der Waals surface area (Å²) < 4.78 is 31.0. The van der Waals surface area contributed by atoms with Crippen LogP contribution < -0.4 is 0 Å². The molecule has 0 radical (unpaired) electrons. The Balaban J connectivity index is 1.99. The van der Waals surface area contributed by atoms with Crippen molar-refractivity contribution in [2.45, 2.75) is 38.3 Å². The van der Waals surface area contributed by atoms with Crippen LogP contribution >= 0.6 is 0 Å². The lowest BCUT2D eigenvalue weighted by molar-refractivity contribution is -0.137. The Kier molecular flexibility index (Phi) is 4.26. The number of aliphatic carboxylic acids is 1. The zero-order valence-corrected chi connectivity index (χ0v) is 11.3. The summed E-state index contributed by atoms with van der Waals surface area (Å²) in [6.45, 7) is 0.229. The fraction of sp³-hybridized carbons (Fsp3) is 0.583. The van der Waals surface area contributed by atoms with E-state index < -0.39 is 16.0 Å². The van der Waals surface area contributed by atoms with E-state index in [0.29, 0.717) is 5.76 Å². The second-order valence-electron chi connectivity index (χ2n) is 4.67. The number of carboxylic acids is 1. The topological polar surface area (TPSA) is 87.8 Å². The second kappa shape index (κ2) is 5.75. The van der Waals surface area contributed by atoms with Crippen LogP contribution in [0.15, 0.2) is 22.8 Å². The van der Waals surface area contributed by atoms with Gasteiger partial charge in [-0.1, -0.05) is 0 Å². The van der Waals surface area contributed by atoms with Gasteiger partial charge in [0.1, 0.15) is 5.76 Å². The third-order valence-corrected chi connectivity index (χ3v) is 4.94. The molecule has 0 unspecified atom stereocenters. The number of nitrogens with zero attached hydrogens (tertiary/aromatic N) is 1. The Hall–Kier alpha value is -1.34. The largest absolute Gasteiger partial charge is 0.481 e. The third kappa shape index (κ3) is 4.07. The summed E-state index contributed by atoms with van der Waals surface area (Å²) in [5.74, 6) is -0.496. The maximum Gasteiger partial charge on any atom is 0.303 e. The van der Waals surface area contributed by atoms with Gasteiger partial charge in [0, 0.05) is 12.5 Å². The maximum atomic E-state index is 12.2. The van der Waals surface area contributed by atoms with Crippen molar-refractivity contribution in [3.63, 3.8) is 0 Å². The van der Waals surface area contributed by atoms with Crippen LogP contribution in [0.1, 0.15) is 31.4 Å². The van der Waals surface area contributed by atoms with Gasteiger partial charge in [-0.05, 0) is 31.4 Å². The van der Waals surface area contributed by atoms with Crippen molar-refractivity contribution in [2.75, 3.05) is 5.75 Å². The molecule has 1 saturated carbocycles. The van der Waals surface area contributed by atoms with Gasteiger partial charge >= 0.3 is 5.97 Å². The van der Waals surface area contributed by atoms with Gasteiger partial charge in [0.25, 0.3) is 0 Å². The average molecular weight is 287 g/mol. The number of hydrogen-bond acceptors (Lipinski definition) is 4. The van der Waals surface area contributed by atoms with Gasteiger partial charge < -0.3 is 9.52 Å². The average Bonchev–Trinajstić information content (AvgIpc) is 3.02. The summed E-state index contributed by atoms with van der Waals surface area (Å²) in [5.41, 5.74) is 0. The number of sulfonamides is 1. The highest BCUT2D eigenvalue weighted by molar-refractivity contribution is 7.89. The van der Waals surface area contributed by atoms with Crippen LogP contribution in [0.25, 0.3) is 0 Å². The summed E-state index contributed by atoms with van der Waals surface area (Å²) in [6.07, 6.45) is 3.24. The Morgan fingerprint density at radius 3 is 2.74 bits per heavy atom. The van der Waals surface area contributed by atoms with E-state index in [2.05, 4.69) is 0 Å². The molecule has 0 aromatic carbocycles. The fourth-order valence-corrected chi connectivity index (χ4v) is 3.63. The molecule has 2 rings (SSSR count). The van der Waals surface area contributed by atoms with Crippen molar-refractivity contribution in [1.82, 2.24) is 4.31 Å². The van der Waals surface area contributed by atoms with Gasteiger partial charge in [0.15, 0.2) is 0 Å². The highest BCUT2D eigenvalue weighted by atomic mass is 32.2. The highest BCUT2D eigenvalue weighted by Crippen LogP contribution is 2.31. The van der Waals surface area contributed by atoms with Crippen molar-refractivity contribution in [1.29, 1.82) is 0 Å². The molecule has 1 N–H and O–H groups in total. The molecular weight excluding hydrogens is 270 g/mol. The summed E-state index contributed by atoms with van der Waals surface area (Å²) in [7, 11) is -3.42. The summed E-state index contributed by atoms with van der Waals surface area (Å²) in [5, 5.41) is 8.55. The normalized spacial score (nSPS) is 15.8. The summed E-state index contributed by atoms with van der Waals surface area (Å²) >= 11 is 0. The molecule has 1 fully saturated rings. The van der Waals surface area contributed by atoms with Crippen LogP contribution in [-0.4, -0.2) is 35.6 Å². The molecule has 1 aliphatic carbocycles. The molecule has 1 aromatic heterocycles. The van der Waals surface area contributed by atoms with Crippen LogP contribution in [0.2, 0.25) is 0 Å². The van der Waals surface area contributed by atoms with Crippen LogP contribution in [0.4, 0.5) is 0 Å². The molecule has 1 aliphatic rings. The molecule has 1 heterocycles. The Morgan fingerprint density at radius 1 is 1.47 bits per heavy atom. The van der Waals surface area contributed by atoms with E-state index in [-0.39, 0.29) is 31.2 Å². The quantitative estimate of drug-likeness (QED) is 0.781. The van der Waals surface area contributed by atoms with E-state index in [9.17, 15) is 13.2 Å². The smallest absolute Gasteiger partial charge is 0.303 e. The predicted molar refractivity (Wildman–Crippen MR) is 67.9 cm³/mol. The second-order valence-corrected chi connectivity index (χ2v) is 6.71. The van der Waals surface area contributed by atoms with E-state index in [4.69, 9.17) is 9.52 Å². The van der Waals surface area contributed by atoms with E-state index in [1.54, 1.807) is 12.1 Å². The molecule has 19 heavy (non-hydrogen) atoms. The van der Waals surface area contributed by atoms with Gasteiger partial charge in [-0.3, -0.25) is 4.79 Å². The predicted octanol–water partition coefficient (Wildman–Crippen LogP) is 1.44. The van der Waals surface area contributed by atoms with Gasteiger partial charge in [0.2, 0.25) is 10.0 Å². The summed E-state index contributed by atoms with van der Waals surface area (Å²) in [4.78, 5) is 10.4. The first-order chi connectivity index (χ1) is 8.99. The van der Waals surface area contributed by atoms with E-state index in [0.717, 1.165) is 12.8 Å². The Bertz CT molecular complexity index is 518. The molecule has 0 bridgehead atoms. The van der Waals surface area contributed by atoms with Gasteiger partial charge in [-0.25, -0.2) is 8.42 Å². The first kappa shape index (κ1) is 14.1. The molecule has 0 atom stereocenters. The Morgan fingerprint density at radius 2 is 2.21 bits per heavy atom. The summed E-state index contributed by atoms with van der Waals surface area (Å²) in [6, 6.07) is 3.50. The third-order valence-electron chi connectivity index (χ3n) is 3.00. The van der Waals surface area contributed by atoms with Gasteiger partial charge in [0.05, 0.1) is 18.6 Å². The fourth-order valence-electron chi connectivity index (χ4n) is 1.90. The van der Waals surface area contributed by atoms with Crippen molar-refractivity contribution in [2.24, 2.45) is 0 Å². The lowest BCUT2D eigenvalue weighted by Crippen LogP contribution is -2.34. The van der Waals surface area contributed by atoms with E-state index in [1.165, 1.54) is 10.6 Å². The molecule has 0 spiro atoms. The van der Waals surface area contributed by atoms with Crippen LogP contribution in [-0.2, 0) is 21.4 Å². The molecule has 0 saturated heterocycles. The number of furan rings is 1. The first-order valence-electron chi connectivity index (χ1n) is 6.23. The molecule has 106 valence electrons. The molecule has 7 heteroatoms. The standard InChI is InChI=1S/C12H17NO5S/c14-12(15)4-2-8-19(16,17)13(10-5-6-10)9-11-3-1-7-18-11/h1,3,7,10H,2,4-6,8-9H2,(H,14,15). The zero-order valence-electron chi connectivity index (χ0n) is 10.5. The lowest BCUT2D eigenvalue weighted by Gasteiger charge is -2.20. The van der Waals surface area contributed by atoms with E-state index in [1.807, 2.05) is 0 Å².